The largest absolute Gasteiger partial charge is 0.365 e. The summed E-state index contributed by atoms with van der Waals surface area (Å²) in [5.74, 6) is -0.495. The van der Waals surface area contributed by atoms with Gasteiger partial charge in [0.25, 0.3) is 0 Å². The summed E-state index contributed by atoms with van der Waals surface area (Å²) in [6.45, 7) is 0. The Morgan fingerprint density at radius 2 is 2.11 bits per heavy atom. The number of carbonyl (C=O) groups is 1. The molecule has 1 aromatic rings. The molecule has 0 saturated heterocycles. The number of allylic oxidation sites excluding steroid dienone is 2. The van der Waals surface area contributed by atoms with E-state index >= 15 is 0 Å². The first-order chi connectivity index (χ1) is 8.70. The topological polar surface area (TPSA) is 64.7 Å². The zero-order chi connectivity index (χ0) is 12.8. The van der Waals surface area contributed by atoms with Crippen molar-refractivity contribution in [3.8, 4) is 0 Å². The smallest absolute Gasteiger partial charge is 0.317 e. The van der Waals surface area contributed by atoms with Gasteiger partial charge in [-0.3, -0.25) is 0 Å². The minimum Gasteiger partial charge on any atom is -0.317 e. The molecule has 0 aromatic heterocycles. The molecule has 1 aliphatic carbocycles. The quantitative estimate of drug-likeness (QED) is 0.501. The fraction of sp³-hybridized carbons (Fsp3) is 0.143. The number of nitrogens with zero attached hydrogens (tertiary/aromatic N) is 1. The number of nitrogens with two attached hydrogens (primary N) is 1. The highest BCUT2D eigenvalue weighted by atomic mass is 16.7. The second kappa shape index (κ2) is 5.42. The molecule has 0 bridgehead atoms. The Balaban J connectivity index is 1.94. The zero-order valence-corrected chi connectivity index (χ0v) is 9.82. The van der Waals surface area contributed by atoms with Crippen molar-refractivity contribution in [3.63, 3.8) is 0 Å². The first kappa shape index (κ1) is 12.3. The van der Waals surface area contributed by atoms with Gasteiger partial charge in [0.05, 0.1) is 17.3 Å². The summed E-state index contributed by atoms with van der Waals surface area (Å²) < 4.78 is 0. The van der Waals surface area contributed by atoms with Crippen molar-refractivity contribution in [2.24, 2.45) is 10.9 Å². The van der Waals surface area contributed by atoms with E-state index in [2.05, 4.69) is 5.16 Å². The van der Waals surface area contributed by atoms with Crippen LogP contribution in [0.5, 0.6) is 0 Å². The number of hydrogen-bond acceptors (Lipinski definition) is 4. The highest BCUT2D eigenvalue weighted by Gasteiger charge is 2.19. The van der Waals surface area contributed by atoms with Gasteiger partial charge in [0.1, 0.15) is 0 Å². The maximum absolute atomic E-state index is 11.6. The lowest BCUT2D eigenvalue weighted by Crippen LogP contribution is -2.39. The van der Waals surface area contributed by atoms with Crippen LogP contribution in [0.3, 0.4) is 0 Å². The van der Waals surface area contributed by atoms with E-state index < -0.39 is 11.5 Å². The second-order valence-electron chi connectivity index (χ2n) is 4.08. The Kier molecular flexibility index (Phi) is 3.69. The molecule has 2 N–H and O–H groups in total. The lowest BCUT2D eigenvalue weighted by atomic mass is 9.94. The summed E-state index contributed by atoms with van der Waals surface area (Å²) in [5, 5.41) is 3.66. The third kappa shape index (κ3) is 3.15. The van der Waals surface area contributed by atoms with Crippen LogP contribution in [-0.4, -0.2) is 17.7 Å². The lowest BCUT2D eigenvalue weighted by Gasteiger charge is -2.20. The first-order valence-electron chi connectivity index (χ1n) is 5.64. The SMILES string of the molecule is NC1(/C=N/OC(=O)c2ccccc2)C=CC=CC1. The van der Waals surface area contributed by atoms with Gasteiger partial charge >= 0.3 is 5.97 Å². The predicted octanol–water partition coefficient (Wildman–Crippen LogP) is 2.04. The molecule has 4 nitrogen and oxygen atoms in total. The van der Waals surface area contributed by atoms with Gasteiger partial charge in [-0.25, -0.2) is 4.79 Å². The van der Waals surface area contributed by atoms with E-state index in [1.54, 1.807) is 24.3 Å². The Bertz CT molecular complexity index is 506. The van der Waals surface area contributed by atoms with Crippen molar-refractivity contribution in [2.45, 2.75) is 12.0 Å². The average molecular weight is 242 g/mol. The van der Waals surface area contributed by atoms with Crippen LogP contribution in [0, 0.1) is 0 Å². The van der Waals surface area contributed by atoms with E-state index in [1.807, 2.05) is 30.4 Å². The first-order valence-corrected chi connectivity index (χ1v) is 5.64. The van der Waals surface area contributed by atoms with Crippen molar-refractivity contribution >= 4 is 12.2 Å². The number of hydrogen-bond donors (Lipinski definition) is 1. The van der Waals surface area contributed by atoms with E-state index in [-0.39, 0.29) is 0 Å². The zero-order valence-electron chi connectivity index (χ0n) is 9.82. The third-order valence-electron chi connectivity index (χ3n) is 2.56. The predicted molar refractivity (Wildman–Crippen MR) is 70.2 cm³/mol. The van der Waals surface area contributed by atoms with Crippen molar-refractivity contribution in [3.05, 3.63) is 60.2 Å². The van der Waals surface area contributed by atoms with Gasteiger partial charge in [-0.15, -0.1) is 0 Å². The summed E-state index contributed by atoms with van der Waals surface area (Å²) in [6, 6.07) is 8.69. The Labute approximate surface area is 105 Å². The molecular formula is C14H14N2O2. The van der Waals surface area contributed by atoms with Crippen LogP contribution in [0.2, 0.25) is 0 Å². The van der Waals surface area contributed by atoms with Crippen LogP contribution in [0.15, 0.2) is 59.8 Å². The van der Waals surface area contributed by atoms with Crippen LogP contribution in [0.4, 0.5) is 0 Å². The maximum atomic E-state index is 11.6. The molecule has 1 aliphatic rings. The third-order valence-corrected chi connectivity index (χ3v) is 2.56. The molecule has 0 spiro atoms. The molecule has 0 radical (unpaired) electrons. The minimum atomic E-state index is -0.675. The minimum absolute atomic E-state index is 0.458. The number of oxime groups is 1. The summed E-state index contributed by atoms with van der Waals surface area (Å²) >= 11 is 0. The standard InChI is InChI=1S/C14H14N2O2/c15-14(9-5-2-6-10-14)11-16-18-13(17)12-7-3-1-4-8-12/h1-9,11H,10,15H2/b16-11+. The molecule has 0 aliphatic heterocycles. The summed E-state index contributed by atoms with van der Waals surface area (Å²) in [7, 11) is 0. The highest BCUT2D eigenvalue weighted by molar-refractivity contribution is 5.89. The monoisotopic (exact) mass is 242 g/mol. The second-order valence-corrected chi connectivity index (χ2v) is 4.08. The van der Waals surface area contributed by atoms with Crippen molar-refractivity contribution in [2.75, 3.05) is 0 Å². The van der Waals surface area contributed by atoms with E-state index in [0.29, 0.717) is 12.0 Å². The molecule has 0 amide bonds. The molecule has 0 fully saturated rings. The van der Waals surface area contributed by atoms with Gasteiger partial charge in [-0.2, -0.15) is 0 Å². The van der Waals surface area contributed by atoms with Crippen molar-refractivity contribution < 1.29 is 9.63 Å². The van der Waals surface area contributed by atoms with Gasteiger partial charge in [0.2, 0.25) is 0 Å². The molecule has 4 heteroatoms. The molecule has 0 heterocycles. The molecule has 1 unspecified atom stereocenters. The summed E-state index contributed by atoms with van der Waals surface area (Å²) in [4.78, 5) is 16.4. The van der Waals surface area contributed by atoms with E-state index in [9.17, 15) is 4.79 Å². The van der Waals surface area contributed by atoms with Crippen molar-refractivity contribution in [1.82, 2.24) is 0 Å². The van der Waals surface area contributed by atoms with Gasteiger partial charge in [-0.1, -0.05) is 47.7 Å². The maximum Gasteiger partial charge on any atom is 0.365 e. The summed E-state index contributed by atoms with van der Waals surface area (Å²) in [6.07, 6.45) is 9.57. The van der Waals surface area contributed by atoms with E-state index in [0.717, 1.165) is 0 Å². The molecule has 2 rings (SSSR count). The average Bonchev–Trinajstić information content (AvgIpc) is 2.40. The normalized spacial score (nSPS) is 22.3. The van der Waals surface area contributed by atoms with E-state index in [4.69, 9.17) is 10.6 Å². The molecule has 1 atom stereocenters. The van der Waals surface area contributed by atoms with Gasteiger partial charge < -0.3 is 10.6 Å². The van der Waals surface area contributed by atoms with Crippen LogP contribution in [0.25, 0.3) is 0 Å². The molecule has 92 valence electrons. The van der Waals surface area contributed by atoms with Crippen LogP contribution >= 0.6 is 0 Å². The van der Waals surface area contributed by atoms with Crippen LogP contribution < -0.4 is 5.73 Å². The molecule has 18 heavy (non-hydrogen) atoms. The lowest BCUT2D eigenvalue weighted by molar-refractivity contribution is 0.0517. The number of rotatable bonds is 3. The van der Waals surface area contributed by atoms with E-state index in [1.165, 1.54) is 6.21 Å². The highest BCUT2D eigenvalue weighted by Crippen LogP contribution is 2.12. The fourth-order valence-corrected chi connectivity index (χ4v) is 1.55. The van der Waals surface area contributed by atoms with Crippen LogP contribution in [0.1, 0.15) is 16.8 Å². The van der Waals surface area contributed by atoms with Gasteiger partial charge in [-0.05, 0) is 18.6 Å². The number of benzene rings is 1. The van der Waals surface area contributed by atoms with Crippen LogP contribution in [-0.2, 0) is 4.84 Å². The van der Waals surface area contributed by atoms with Crippen molar-refractivity contribution in [1.29, 1.82) is 0 Å². The number of carbonyl (C=O) groups excluding carboxylic acids is 1. The Hall–Kier alpha value is -2.20. The molecule has 0 saturated carbocycles. The van der Waals surface area contributed by atoms with Gasteiger partial charge in [0.15, 0.2) is 0 Å². The van der Waals surface area contributed by atoms with Gasteiger partial charge in [0, 0.05) is 0 Å². The Morgan fingerprint density at radius 1 is 1.33 bits per heavy atom. The fourth-order valence-electron chi connectivity index (χ4n) is 1.55. The molecular weight excluding hydrogens is 228 g/mol. The molecule has 1 aromatic carbocycles. The Morgan fingerprint density at radius 3 is 2.78 bits per heavy atom. The summed E-state index contributed by atoms with van der Waals surface area (Å²) in [5.41, 5.74) is 5.79.